The zero-order valence-corrected chi connectivity index (χ0v) is 7.99. The van der Waals surface area contributed by atoms with Crippen LogP contribution in [0.5, 0.6) is 11.5 Å². The zero-order chi connectivity index (χ0) is 10.6. The maximum absolute atomic E-state index is 10.6. The van der Waals surface area contributed by atoms with Crippen LogP contribution in [-0.2, 0) is 11.2 Å². The number of benzene rings is 1. The van der Waals surface area contributed by atoms with Gasteiger partial charge in [0.2, 0.25) is 0 Å². The summed E-state index contributed by atoms with van der Waals surface area (Å²) in [7, 11) is 0. The summed E-state index contributed by atoms with van der Waals surface area (Å²) in [6.07, 6.45) is 2.41. The summed E-state index contributed by atoms with van der Waals surface area (Å²) >= 11 is 0. The van der Waals surface area contributed by atoms with Gasteiger partial charge in [-0.1, -0.05) is 12.1 Å². The standard InChI is InChI=1S/C11H12O3/c1-3-4-9-5-6-11(10(13)7-9)14-8(2)12/h3,5-7,13H,1,4H2,2H3. The van der Waals surface area contributed by atoms with E-state index in [0.717, 1.165) is 5.56 Å². The molecule has 14 heavy (non-hydrogen) atoms. The number of phenols is 1. The summed E-state index contributed by atoms with van der Waals surface area (Å²) < 4.78 is 4.76. The van der Waals surface area contributed by atoms with Crippen LogP contribution in [0.2, 0.25) is 0 Å². The third-order valence-corrected chi connectivity index (χ3v) is 1.66. The fraction of sp³-hybridized carbons (Fsp3) is 0.182. The van der Waals surface area contributed by atoms with Crippen molar-refractivity contribution in [2.24, 2.45) is 0 Å². The quantitative estimate of drug-likeness (QED) is 0.453. The molecular weight excluding hydrogens is 180 g/mol. The van der Waals surface area contributed by atoms with Gasteiger partial charge >= 0.3 is 5.97 Å². The minimum atomic E-state index is -0.447. The predicted octanol–water partition coefficient (Wildman–Crippen LogP) is 2.05. The molecule has 0 unspecified atom stereocenters. The van der Waals surface area contributed by atoms with Crippen LogP contribution in [0.15, 0.2) is 30.9 Å². The largest absolute Gasteiger partial charge is 0.504 e. The Morgan fingerprint density at radius 2 is 2.36 bits per heavy atom. The molecule has 0 aliphatic rings. The summed E-state index contributed by atoms with van der Waals surface area (Å²) in [5.41, 5.74) is 0.924. The fourth-order valence-corrected chi connectivity index (χ4v) is 1.10. The van der Waals surface area contributed by atoms with Crippen molar-refractivity contribution >= 4 is 5.97 Å². The van der Waals surface area contributed by atoms with E-state index in [-0.39, 0.29) is 11.5 Å². The van der Waals surface area contributed by atoms with Gasteiger partial charge in [-0.05, 0) is 24.1 Å². The molecule has 1 aromatic carbocycles. The van der Waals surface area contributed by atoms with E-state index in [0.29, 0.717) is 6.42 Å². The molecule has 1 aromatic rings. The molecule has 0 amide bonds. The van der Waals surface area contributed by atoms with Crippen LogP contribution in [-0.4, -0.2) is 11.1 Å². The van der Waals surface area contributed by atoms with Crippen LogP contribution in [0.1, 0.15) is 12.5 Å². The van der Waals surface area contributed by atoms with Crippen molar-refractivity contribution < 1.29 is 14.6 Å². The number of rotatable bonds is 3. The summed E-state index contributed by atoms with van der Waals surface area (Å²) in [6.45, 7) is 4.88. The average Bonchev–Trinajstić information content (AvgIpc) is 2.10. The van der Waals surface area contributed by atoms with Crippen LogP contribution in [0, 0.1) is 0 Å². The van der Waals surface area contributed by atoms with Crippen molar-refractivity contribution in [3.63, 3.8) is 0 Å². The van der Waals surface area contributed by atoms with Crippen LogP contribution in [0.3, 0.4) is 0 Å². The molecule has 3 nitrogen and oxygen atoms in total. The summed E-state index contributed by atoms with van der Waals surface area (Å²) in [6, 6.07) is 4.90. The highest BCUT2D eigenvalue weighted by molar-refractivity contribution is 5.70. The number of carbonyl (C=O) groups excluding carboxylic acids is 1. The third-order valence-electron chi connectivity index (χ3n) is 1.66. The molecule has 0 aromatic heterocycles. The van der Waals surface area contributed by atoms with E-state index in [1.165, 1.54) is 6.92 Å². The number of aromatic hydroxyl groups is 1. The zero-order valence-electron chi connectivity index (χ0n) is 7.99. The van der Waals surface area contributed by atoms with Crippen molar-refractivity contribution in [3.8, 4) is 11.5 Å². The minimum absolute atomic E-state index is 0.0282. The predicted molar refractivity (Wildman–Crippen MR) is 53.3 cm³/mol. The second kappa shape index (κ2) is 4.46. The van der Waals surface area contributed by atoms with E-state index in [1.807, 2.05) is 0 Å². The molecule has 0 saturated heterocycles. The summed E-state index contributed by atoms with van der Waals surface area (Å²) in [5, 5.41) is 9.46. The number of hydrogen-bond acceptors (Lipinski definition) is 3. The summed E-state index contributed by atoms with van der Waals surface area (Å²) in [4.78, 5) is 10.6. The van der Waals surface area contributed by atoms with Gasteiger partial charge in [-0.3, -0.25) is 4.79 Å². The number of ether oxygens (including phenoxy) is 1. The second-order valence-electron chi connectivity index (χ2n) is 2.89. The van der Waals surface area contributed by atoms with E-state index in [4.69, 9.17) is 4.74 Å². The number of carbonyl (C=O) groups is 1. The van der Waals surface area contributed by atoms with Gasteiger partial charge in [-0.15, -0.1) is 6.58 Å². The monoisotopic (exact) mass is 192 g/mol. The second-order valence-corrected chi connectivity index (χ2v) is 2.89. The van der Waals surface area contributed by atoms with E-state index in [1.54, 1.807) is 24.3 Å². The van der Waals surface area contributed by atoms with Gasteiger partial charge in [0.05, 0.1) is 0 Å². The Morgan fingerprint density at radius 3 is 2.86 bits per heavy atom. The van der Waals surface area contributed by atoms with E-state index < -0.39 is 5.97 Å². The fourth-order valence-electron chi connectivity index (χ4n) is 1.10. The molecule has 0 atom stereocenters. The van der Waals surface area contributed by atoms with Crippen molar-refractivity contribution in [2.45, 2.75) is 13.3 Å². The highest BCUT2D eigenvalue weighted by atomic mass is 16.5. The van der Waals surface area contributed by atoms with Crippen molar-refractivity contribution in [2.75, 3.05) is 0 Å². The maximum atomic E-state index is 10.6. The first-order valence-electron chi connectivity index (χ1n) is 4.24. The highest BCUT2D eigenvalue weighted by Crippen LogP contribution is 2.27. The lowest BCUT2D eigenvalue weighted by Crippen LogP contribution is -2.01. The SMILES string of the molecule is C=CCc1ccc(OC(C)=O)c(O)c1. The minimum Gasteiger partial charge on any atom is -0.504 e. The Balaban J connectivity index is 2.89. The van der Waals surface area contributed by atoms with E-state index in [9.17, 15) is 9.90 Å². The Morgan fingerprint density at radius 1 is 1.64 bits per heavy atom. The number of hydrogen-bond donors (Lipinski definition) is 1. The number of esters is 1. The molecule has 0 heterocycles. The molecule has 0 aliphatic carbocycles. The van der Waals surface area contributed by atoms with Crippen LogP contribution < -0.4 is 4.74 Å². The molecule has 74 valence electrons. The molecule has 0 aliphatic heterocycles. The lowest BCUT2D eigenvalue weighted by molar-refractivity contribution is -0.132. The smallest absolute Gasteiger partial charge is 0.308 e. The van der Waals surface area contributed by atoms with Gasteiger partial charge in [0, 0.05) is 6.92 Å². The first kappa shape index (κ1) is 10.3. The van der Waals surface area contributed by atoms with Crippen molar-refractivity contribution in [3.05, 3.63) is 36.4 Å². The Hall–Kier alpha value is -1.77. The lowest BCUT2D eigenvalue weighted by Gasteiger charge is -2.05. The Bertz CT molecular complexity index is 356. The van der Waals surface area contributed by atoms with Gasteiger partial charge in [0.15, 0.2) is 11.5 Å². The molecule has 1 N–H and O–H groups in total. The van der Waals surface area contributed by atoms with Gasteiger partial charge < -0.3 is 9.84 Å². The molecule has 0 spiro atoms. The maximum Gasteiger partial charge on any atom is 0.308 e. The molecule has 0 radical (unpaired) electrons. The average molecular weight is 192 g/mol. The molecule has 0 saturated carbocycles. The van der Waals surface area contributed by atoms with Gasteiger partial charge in [0.25, 0.3) is 0 Å². The van der Waals surface area contributed by atoms with Gasteiger partial charge in [-0.25, -0.2) is 0 Å². The van der Waals surface area contributed by atoms with Crippen LogP contribution in [0.4, 0.5) is 0 Å². The van der Waals surface area contributed by atoms with Crippen molar-refractivity contribution in [1.29, 1.82) is 0 Å². The topological polar surface area (TPSA) is 46.5 Å². The normalized spacial score (nSPS) is 9.50. The molecule has 1 rings (SSSR count). The first-order chi connectivity index (χ1) is 6.63. The molecular formula is C11H12O3. The van der Waals surface area contributed by atoms with Crippen molar-refractivity contribution in [1.82, 2.24) is 0 Å². The molecule has 0 fully saturated rings. The highest BCUT2D eigenvalue weighted by Gasteiger charge is 2.05. The number of allylic oxidation sites excluding steroid dienone is 1. The van der Waals surface area contributed by atoms with E-state index in [2.05, 4.69) is 6.58 Å². The number of phenolic OH excluding ortho intramolecular Hbond substituents is 1. The van der Waals surface area contributed by atoms with E-state index >= 15 is 0 Å². The van der Waals surface area contributed by atoms with Crippen LogP contribution >= 0.6 is 0 Å². The first-order valence-corrected chi connectivity index (χ1v) is 4.24. The van der Waals surface area contributed by atoms with Crippen LogP contribution in [0.25, 0.3) is 0 Å². The van der Waals surface area contributed by atoms with Gasteiger partial charge in [0.1, 0.15) is 0 Å². The Kier molecular flexibility index (Phi) is 3.29. The Labute approximate surface area is 82.6 Å². The molecule has 3 heteroatoms. The lowest BCUT2D eigenvalue weighted by atomic mass is 10.1. The third kappa shape index (κ3) is 2.62. The summed E-state index contributed by atoms with van der Waals surface area (Å²) in [5.74, 6) is -0.290. The molecule has 0 bridgehead atoms. The van der Waals surface area contributed by atoms with Gasteiger partial charge in [-0.2, -0.15) is 0 Å².